The molecule has 1 amide bonds. The van der Waals surface area contributed by atoms with E-state index in [9.17, 15) is 14.4 Å². The molecule has 1 fully saturated rings. The van der Waals surface area contributed by atoms with E-state index < -0.39 is 11.2 Å². The standard InChI is InChI=1S/C18H22N8O3S4/c1-4-26-11-12(23(2)17(29)24(3)13(11)28)20-15(26)33-16-22-21-14(32-16)19-10(27)9-31-18(30)25-7-5-6-8-25/h4-9H2,1-3H3,(H,19,21,27). The Morgan fingerprint density at radius 2 is 1.91 bits per heavy atom. The van der Waals surface area contributed by atoms with E-state index in [1.807, 2.05) is 6.92 Å². The highest BCUT2D eigenvalue weighted by atomic mass is 32.2. The summed E-state index contributed by atoms with van der Waals surface area (Å²) < 4.78 is 5.46. The van der Waals surface area contributed by atoms with Gasteiger partial charge in [-0.05, 0) is 31.5 Å². The van der Waals surface area contributed by atoms with Crippen LogP contribution < -0.4 is 16.6 Å². The van der Waals surface area contributed by atoms with Gasteiger partial charge in [0, 0.05) is 33.7 Å². The number of amides is 1. The zero-order valence-electron chi connectivity index (χ0n) is 18.2. The number of thiocarbonyl (C=S) groups is 1. The highest BCUT2D eigenvalue weighted by Crippen LogP contribution is 2.32. The Kier molecular flexibility index (Phi) is 7.21. The number of fused-ring (bicyclic) bond motifs is 1. The van der Waals surface area contributed by atoms with Crippen molar-refractivity contribution < 1.29 is 4.79 Å². The van der Waals surface area contributed by atoms with Gasteiger partial charge in [0.05, 0.1) is 5.75 Å². The Labute approximate surface area is 206 Å². The van der Waals surface area contributed by atoms with Gasteiger partial charge >= 0.3 is 5.69 Å². The van der Waals surface area contributed by atoms with Crippen LogP contribution in [0.5, 0.6) is 0 Å². The molecule has 3 aromatic heterocycles. The Morgan fingerprint density at radius 1 is 1.18 bits per heavy atom. The van der Waals surface area contributed by atoms with Gasteiger partial charge < -0.3 is 9.47 Å². The molecule has 0 spiro atoms. The minimum absolute atomic E-state index is 0.200. The number of hydrogen-bond acceptors (Lipinski definition) is 10. The predicted octanol–water partition coefficient (Wildman–Crippen LogP) is 1.51. The van der Waals surface area contributed by atoms with Crippen LogP contribution in [-0.2, 0) is 25.4 Å². The monoisotopic (exact) mass is 526 g/mol. The molecule has 1 saturated heterocycles. The fraction of sp³-hybridized carbons (Fsp3) is 0.500. The van der Waals surface area contributed by atoms with Gasteiger partial charge in [0.2, 0.25) is 11.0 Å². The normalized spacial score (nSPS) is 13.7. The number of rotatable bonds is 6. The van der Waals surface area contributed by atoms with Crippen LogP contribution in [0, 0.1) is 0 Å². The zero-order chi connectivity index (χ0) is 23.7. The van der Waals surface area contributed by atoms with Crippen molar-refractivity contribution in [2.75, 3.05) is 24.2 Å². The third-order valence-corrected chi connectivity index (χ3v) is 8.56. The lowest BCUT2D eigenvalue weighted by atomic mass is 10.4. The molecule has 4 rings (SSSR count). The van der Waals surface area contributed by atoms with Crippen LogP contribution in [0.4, 0.5) is 5.13 Å². The summed E-state index contributed by atoms with van der Waals surface area (Å²) in [7, 11) is 3.03. The van der Waals surface area contributed by atoms with Crippen LogP contribution >= 0.6 is 47.1 Å². The van der Waals surface area contributed by atoms with E-state index >= 15 is 0 Å². The molecule has 0 bridgehead atoms. The molecule has 0 unspecified atom stereocenters. The van der Waals surface area contributed by atoms with E-state index in [4.69, 9.17) is 12.2 Å². The second-order valence-corrected chi connectivity index (χ2v) is 11.1. The molecule has 15 heteroatoms. The third-order valence-electron chi connectivity index (χ3n) is 5.15. The highest BCUT2D eigenvalue weighted by Gasteiger charge is 2.21. The van der Waals surface area contributed by atoms with Crippen LogP contribution in [0.15, 0.2) is 19.1 Å². The SMILES string of the molecule is CCn1c(Sc2nnc(NC(=O)CSC(=S)N3CCCC3)s2)nc2c1c(=O)n(C)c(=O)n2C. The molecule has 0 radical (unpaired) electrons. The molecule has 176 valence electrons. The van der Waals surface area contributed by atoms with Gasteiger partial charge in [-0.15, -0.1) is 10.2 Å². The molecule has 0 atom stereocenters. The molecule has 0 aliphatic carbocycles. The largest absolute Gasteiger partial charge is 0.358 e. The van der Waals surface area contributed by atoms with Crippen molar-refractivity contribution in [1.82, 2.24) is 33.8 Å². The van der Waals surface area contributed by atoms with Gasteiger partial charge in [0.1, 0.15) is 4.32 Å². The Morgan fingerprint density at radius 3 is 2.61 bits per heavy atom. The van der Waals surface area contributed by atoms with Crippen molar-refractivity contribution in [2.24, 2.45) is 14.1 Å². The number of aryl methyl sites for hydroxylation is 2. The quantitative estimate of drug-likeness (QED) is 0.374. The Hall–Kier alpha value is -2.23. The molecule has 1 N–H and O–H groups in total. The zero-order valence-corrected chi connectivity index (χ0v) is 21.5. The van der Waals surface area contributed by atoms with Gasteiger partial charge in [-0.25, -0.2) is 9.78 Å². The number of anilines is 1. The van der Waals surface area contributed by atoms with Gasteiger partial charge in [-0.2, -0.15) is 0 Å². The molecule has 0 saturated carbocycles. The van der Waals surface area contributed by atoms with Crippen LogP contribution in [0.25, 0.3) is 11.2 Å². The van der Waals surface area contributed by atoms with Gasteiger partial charge in [-0.1, -0.05) is 35.3 Å². The van der Waals surface area contributed by atoms with Gasteiger partial charge in [-0.3, -0.25) is 24.0 Å². The van der Waals surface area contributed by atoms with Crippen molar-refractivity contribution in [3.05, 3.63) is 20.8 Å². The molecular formula is C18H22N8O3S4. The van der Waals surface area contributed by atoms with Crippen molar-refractivity contribution in [3.8, 4) is 0 Å². The average molecular weight is 527 g/mol. The number of thioether (sulfide) groups is 1. The summed E-state index contributed by atoms with van der Waals surface area (Å²) >= 11 is 9.17. The first-order valence-corrected chi connectivity index (χ1v) is 13.2. The number of aromatic nitrogens is 6. The maximum absolute atomic E-state index is 12.7. The van der Waals surface area contributed by atoms with Gasteiger partial charge in [0.15, 0.2) is 20.7 Å². The molecule has 4 heterocycles. The lowest BCUT2D eigenvalue weighted by Gasteiger charge is -2.16. The van der Waals surface area contributed by atoms with Crippen molar-refractivity contribution in [3.63, 3.8) is 0 Å². The molecule has 33 heavy (non-hydrogen) atoms. The maximum Gasteiger partial charge on any atom is 0.332 e. The first kappa shape index (κ1) is 23.9. The summed E-state index contributed by atoms with van der Waals surface area (Å²) in [6.07, 6.45) is 2.27. The summed E-state index contributed by atoms with van der Waals surface area (Å²) in [5.41, 5.74) is -0.165. The number of nitrogens with one attached hydrogen (secondary N) is 1. The lowest BCUT2D eigenvalue weighted by molar-refractivity contribution is -0.113. The van der Waals surface area contributed by atoms with E-state index in [0.717, 1.165) is 34.8 Å². The maximum atomic E-state index is 12.7. The Bertz CT molecular complexity index is 1330. The molecular weight excluding hydrogens is 505 g/mol. The minimum Gasteiger partial charge on any atom is -0.358 e. The third kappa shape index (κ3) is 4.85. The number of likely N-dealkylation sites (tertiary alicyclic amines) is 1. The minimum atomic E-state index is -0.437. The lowest BCUT2D eigenvalue weighted by Crippen LogP contribution is -2.37. The first-order valence-electron chi connectivity index (χ1n) is 10.2. The fourth-order valence-corrected chi connectivity index (χ4v) is 6.32. The molecule has 1 aliphatic heterocycles. The summed E-state index contributed by atoms with van der Waals surface area (Å²) in [5, 5.41) is 11.8. The number of imidazole rings is 1. The van der Waals surface area contributed by atoms with E-state index in [1.54, 1.807) is 11.6 Å². The number of carbonyl (C=O) groups excluding carboxylic acids is 1. The summed E-state index contributed by atoms with van der Waals surface area (Å²) in [6.45, 7) is 4.29. The van der Waals surface area contributed by atoms with Crippen LogP contribution in [0.2, 0.25) is 0 Å². The molecule has 0 aromatic carbocycles. The topological polar surface area (TPSA) is 120 Å². The number of hydrogen-bond donors (Lipinski definition) is 1. The van der Waals surface area contributed by atoms with Crippen LogP contribution in [-0.4, -0.2) is 62.9 Å². The second-order valence-electron chi connectivity index (χ2n) is 7.29. The smallest absolute Gasteiger partial charge is 0.332 e. The summed E-state index contributed by atoms with van der Waals surface area (Å²) in [5.74, 6) is 0.00825. The van der Waals surface area contributed by atoms with Crippen molar-refractivity contribution in [2.45, 2.75) is 35.8 Å². The van der Waals surface area contributed by atoms with Crippen molar-refractivity contribution >= 4 is 73.6 Å². The number of carbonyl (C=O) groups is 1. The highest BCUT2D eigenvalue weighted by molar-refractivity contribution is 8.23. The van der Waals surface area contributed by atoms with E-state index in [1.165, 1.54) is 46.5 Å². The van der Waals surface area contributed by atoms with E-state index in [2.05, 4.69) is 25.4 Å². The number of nitrogens with zero attached hydrogens (tertiary/aromatic N) is 7. The van der Waals surface area contributed by atoms with Crippen molar-refractivity contribution in [1.29, 1.82) is 0 Å². The average Bonchev–Trinajstić information content (AvgIpc) is 3.55. The fourth-order valence-electron chi connectivity index (χ4n) is 3.45. The summed E-state index contributed by atoms with van der Waals surface area (Å²) in [6, 6.07) is 0. The summed E-state index contributed by atoms with van der Waals surface area (Å²) in [4.78, 5) is 43.8. The second kappa shape index (κ2) is 9.95. The molecule has 11 nitrogen and oxygen atoms in total. The van der Waals surface area contributed by atoms with Crippen LogP contribution in [0.3, 0.4) is 0 Å². The molecule has 1 aliphatic rings. The van der Waals surface area contributed by atoms with Gasteiger partial charge in [0.25, 0.3) is 5.56 Å². The molecule has 3 aromatic rings. The van der Waals surface area contributed by atoms with E-state index in [0.29, 0.717) is 32.3 Å². The van der Waals surface area contributed by atoms with E-state index in [-0.39, 0.29) is 11.7 Å². The predicted molar refractivity (Wildman–Crippen MR) is 134 cm³/mol. The Balaban J connectivity index is 1.46. The van der Waals surface area contributed by atoms with Crippen LogP contribution in [0.1, 0.15) is 19.8 Å². The first-order chi connectivity index (χ1) is 15.8.